The topological polar surface area (TPSA) is 121 Å². The molecule has 4 N–H and O–H groups in total. The number of aromatic nitrogens is 4. The molecule has 8 heteroatoms. The number of anilines is 2. The lowest BCUT2D eigenvalue weighted by Crippen LogP contribution is -2.31. The lowest BCUT2D eigenvalue weighted by atomic mass is 10.1. The number of nitrogens with one attached hydrogen (secondary N) is 1. The van der Waals surface area contributed by atoms with Crippen LogP contribution in [-0.4, -0.2) is 44.1 Å². The highest BCUT2D eigenvalue weighted by Crippen LogP contribution is 2.26. The summed E-state index contributed by atoms with van der Waals surface area (Å²) in [6.07, 6.45) is 5.49. The molecule has 0 bridgehead atoms. The van der Waals surface area contributed by atoms with Gasteiger partial charge in [0.15, 0.2) is 17.3 Å². The Balaban J connectivity index is 1.62. The Morgan fingerprint density at radius 3 is 2.70 bits per heavy atom. The van der Waals surface area contributed by atoms with Gasteiger partial charge in [-0.25, -0.2) is 19.7 Å². The number of benzene rings is 1. The minimum absolute atomic E-state index is 0.284. The highest BCUT2D eigenvalue weighted by atomic mass is 16.4. The second-order valence-electron chi connectivity index (χ2n) is 6.20. The first-order chi connectivity index (χ1) is 13.1. The van der Waals surface area contributed by atoms with Crippen LogP contribution >= 0.6 is 0 Å². The normalized spacial score (nSPS) is 14.1. The molecular formula is C19H18N6O2. The summed E-state index contributed by atoms with van der Waals surface area (Å²) < 4.78 is 0. The number of nitrogen functional groups attached to an aromatic ring is 1. The average Bonchev–Trinajstić information content (AvgIpc) is 3.19. The molecule has 0 aliphatic carbocycles. The van der Waals surface area contributed by atoms with Crippen molar-refractivity contribution in [1.82, 2.24) is 19.9 Å². The fourth-order valence-corrected chi connectivity index (χ4v) is 2.99. The molecule has 1 aliphatic rings. The van der Waals surface area contributed by atoms with Gasteiger partial charge in [-0.05, 0) is 12.0 Å². The van der Waals surface area contributed by atoms with Gasteiger partial charge in [0, 0.05) is 18.7 Å². The summed E-state index contributed by atoms with van der Waals surface area (Å²) in [6.45, 7) is 1.02. The van der Waals surface area contributed by atoms with Crippen LogP contribution in [0.2, 0.25) is 0 Å². The van der Waals surface area contributed by atoms with E-state index in [0.717, 1.165) is 11.3 Å². The number of imidazole rings is 1. The number of nitrogens with zero attached hydrogens (tertiary/aromatic N) is 4. The molecule has 2 aromatic heterocycles. The van der Waals surface area contributed by atoms with Crippen LogP contribution in [0.1, 0.15) is 6.42 Å². The van der Waals surface area contributed by atoms with Gasteiger partial charge in [-0.3, -0.25) is 0 Å². The molecule has 0 atom stereocenters. The monoisotopic (exact) mass is 362 g/mol. The van der Waals surface area contributed by atoms with Gasteiger partial charge in [0.25, 0.3) is 0 Å². The summed E-state index contributed by atoms with van der Waals surface area (Å²) in [5.74, 6) is 0.589. The summed E-state index contributed by atoms with van der Waals surface area (Å²) in [4.78, 5) is 29.5. The Hall–Kier alpha value is -3.68. The van der Waals surface area contributed by atoms with Crippen LogP contribution in [0.3, 0.4) is 0 Å². The van der Waals surface area contributed by atoms with E-state index in [-0.39, 0.29) is 5.82 Å². The van der Waals surface area contributed by atoms with Crippen LogP contribution < -0.4 is 10.6 Å². The lowest BCUT2D eigenvalue weighted by Gasteiger charge is -2.26. The van der Waals surface area contributed by atoms with Gasteiger partial charge in [-0.2, -0.15) is 0 Å². The van der Waals surface area contributed by atoms with Crippen molar-refractivity contribution < 1.29 is 9.90 Å². The summed E-state index contributed by atoms with van der Waals surface area (Å²) in [7, 11) is 0. The Bertz CT molecular complexity index is 1010. The molecule has 1 aromatic carbocycles. The Kier molecular flexibility index (Phi) is 4.29. The summed E-state index contributed by atoms with van der Waals surface area (Å²) >= 11 is 0. The van der Waals surface area contributed by atoms with Crippen molar-refractivity contribution in [3.63, 3.8) is 0 Å². The molecule has 3 heterocycles. The van der Waals surface area contributed by atoms with Crippen molar-refractivity contribution in [1.29, 1.82) is 0 Å². The van der Waals surface area contributed by atoms with Gasteiger partial charge in [-0.15, -0.1) is 0 Å². The third kappa shape index (κ3) is 3.37. The van der Waals surface area contributed by atoms with Gasteiger partial charge in [-0.1, -0.05) is 36.4 Å². The fraction of sp³-hybridized carbons (Fsp3) is 0.158. The molecule has 0 saturated heterocycles. The third-order valence-electron chi connectivity index (χ3n) is 4.48. The number of carbonyl (C=O) groups is 1. The molecule has 0 unspecified atom stereocenters. The number of aliphatic carboxylic acids is 1. The Morgan fingerprint density at radius 2 is 2.00 bits per heavy atom. The van der Waals surface area contributed by atoms with Crippen molar-refractivity contribution in [3.8, 4) is 22.8 Å². The number of hydrogen-bond acceptors (Lipinski definition) is 6. The lowest BCUT2D eigenvalue weighted by molar-refractivity contribution is -0.132. The zero-order chi connectivity index (χ0) is 18.8. The van der Waals surface area contributed by atoms with Crippen molar-refractivity contribution in [3.05, 3.63) is 54.4 Å². The molecule has 3 aromatic rings. The smallest absolute Gasteiger partial charge is 0.331 e. The van der Waals surface area contributed by atoms with Crippen LogP contribution in [0, 0.1) is 0 Å². The molecule has 0 fully saturated rings. The van der Waals surface area contributed by atoms with Gasteiger partial charge < -0.3 is 20.7 Å². The number of carboxylic acids is 1. The predicted octanol–water partition coefficient (Wildman–Crippen LogP) is 2.34. The van der Waals surface area contributed by atoms with Crippen molar-refractivity contribution in [2.75, 3.05) is 23.7 Å². The van der Waals surface area contributed by atoms with E-state index in [9.17, 15) is 4.79 Å². The second kappa shape index (κ2) is 6.91. The zero-order valence-electron chi connectivity index (χ0n) is 14.5. The van der Waals surface area contributed by atoms with E-state index in [0.29, 0.717) is 42.4 Å². The zero-order valence-corrected chi connectivity index (χ0v) is 14.5. The number of aromatic amines is 1. The van der Waals surface area contributed by atoms with Gasteiger partial charge in [0.05, 0.1) is 18.1 Å². The number of H-pyrrole nitrogens is 1. The number of nitrogens with two attached hydrogens (primary N) is 1. The van der Waals surface area contributed by atoms with E-state index in [2.05, 4.69) is 19.9 Å². The minimum Gasteiger partial charge on any atom is -0.478 e. The molecule has 27 heavy (non-hydrogen) atoms. The molecule has 0 saturated carbocycles. The van der Waals surface area contributed by atoms with Crippen LogP contribution in [0.4, 0.5) is 11.6 Å². The molecule has 136 valence electrons. The SMILES string of the molecule is Nc1ncc(N2CC=C(C(=O)O)CC2)nc1-c1ncc(-c2ccccc2)[nH]1. The van der Waals surface area contributed by atoms with E-state index >= 15 is 0 Å². The maximum Gasteiger partial charge on any atom is 0.331 e. The molecule has 4 rings (SSSR count). The Labute approximate surface area is 155 Å². The Morgan fingerprint density at radius 1 is 1.19 bits per heavy atom. The van der Waals surface area contributed by atoms with E-state index in [1.807, 2.05) is 35.2 Å². The second-order valence-corrected chi connectivity index (χ2v) is 6.20. The van der Waals surface area contributed by atoms with Crippen LogP contribution in [0.25, 0.3) is 22.8 Å². The maximum atomic E-state index is 11.1. The highest BCUT2D eigenvalue weighted by molar-refractivity contribution is 5.87. The molecule has 1 aliphatic heterocycles. The number of hydrogen-bond donors (Lipinski definition) is 3. The van der Waals surface area contributed by atoms with Gasteiger partial charge in [0.1, 0.15) is 5.82 Å². The van der Waals surface area contributed by atoms with Crippen LogP contribution in [0.5, 0.6) is 0 Å². The quantitative estimate of drug-likeness (QED) is 0.651. The largest absolute Gasteiger partial charge is 0.478 e. The summed E-state index contributed by atoms with van der Waals surface area (Å²) in [5, 5.41) is 9.08. The number of rotatable bonds is 4. The third-order valence-corrected chi connectivity index (χ3v) is 4.48. The maximum absolute atomic E-state index is 11.1. The highest BCUT2D eigenvalue weighted by Gasteiger charge is 2.19. The minimum atomic E-state index is -0.872. The standard InChI is InChI=1S/C19H18N6O2/c20-17-16(18-22-10-14(23-18)12-4-2-1-3-5-12)24-15(11-21-17)25-8-6-13(7-9-25)19(26)27/h1-6,10-11H,7-9H2,(H2,20,21)(H,22,23)(H,26,27). The molecule has 8 nitrogen and oxygen atoms in total. The summed E-state index contributed by atoms with van der Waals surface area (Å²) in [5.41, 5.74) is 8.80. The number of carboxylic acid groups (broad SMARTS) is 1. The fourth-order valence-electron chi connectivity index (χ4n) is 2.99. The first kappa shape index (κ1) is 16.8. The predicted molar refractivity (Wildman–Crippen MR) is 102 cm³/mol. The molecule has 0 radical (unpaired) electrons. The molecular weight excluding hydrogens is 344 g/mol. The van der Waals surface area contributed by atoms with Crippen LogP contribution in [0.15, 0.2) is 54.4 Å². The molecule has 0 amide bonds. The van der Waals surface area contributed by atoms with E-state index < -0.39 is 5.97 Å². The van der Waals surface area contributed by atoms with Crippen molar-refractivity contribution in [2.24, 2.45) is 0 Å². The van der Waals surface area contributed by atoms with Crippen molar-refractivity contribution in [2.45, 2.75) is 6.42 Å². The van der Waals surface area contributed by atoms with E-state index in [1.54, 1.807) is 18.5 Å². The van der Waals surface area contributed by atoms with Gasteiger partial charge in [0.2, 0.25) is 0 Å². The van der Waals surface area contributed by atoms with E-state index in [1.165, 1.54) is 0 Å². The van der Waals surface area contributed by atoms with Gasteiger partial charge >= 0.3 is 5.97 Å². The van der Waals surface area contributed by atoms with E-state index in [4.69, 9.17) is 10.8 Å². The summed E-state index contributed by atoms with van der Waals surface area (Å²) in [6, 6.07) is 9.85. The molecule has 0 spiro atoms. The first-order valence-corrected chi connectivity index (χ1v) is 8.52. The average molecular weight is 362 g/mol. The van der Waals surface area contributed by atoms with Crippen LogP contribution in [-0.2, 0) is 4.79 Å². The first-order valence-electron chi connectivity index (χ1n) is 8.52. The van der Waals surface area contributed by atoms with Crippen molar-refractivity contribution >= 4 is 17.6 Å².